The Morgan fingerprint density at radius 2 is 1.75 bits per heavy atom. The first-order chi connectivity index (χ1) is 7.50. The van der Waals surface area contributed by atoms with Gasteiger partial charge in [0.15, 0.2) is 6.85 Å². The summed E-state index contributed by atoms with van der Waals surface area (Å²) in [6, 6.07) is 10.7. The second-order valence-corrected chi connectivity index (χ2v) is 5.45. The Hall–Kier alpha value is -1.15. The fraction of sp³-hybridized carbons (Fsp3) is 0.357. The van der Waals surface area contributed by atoms with E-state index in [0.29, 0.717) is 6.85 Å². The predicted octanol–water partition coefficient (Wildman–Crippen LogP) is 2.65. The summed E-state index contributed by atoms with van der Waals surface area (Å²) in [7, 11) is 0. The van der Waals surface area contributed by atoms with Crippen LogP contribution < -0.4 is 5.46 Å². The van der Waals surface area contributed by atoms with Crippen molar-refractivity contribution in [2.45, 2.75) is 33.2 Å². The summed E-state index contributed by atoms with van der Waals surface area (Å²) in [5, 5.41) is 0. The third kappa shape index (κ3) is 2.03. The average Bonchev–Trinajstić information content (AvgIpc) is 2.61. The first-order valence-electron chi connectivity index (χ1n) is 5.85. The molecule has 0 amide bonds. The van der Waals surface area contributed by atoms with Gasteiger partial charge in [0.25, 0.3) is 0 Å². The van der Waals surface area contributed by atoms with Crippen LogP contribution in [0.25, 0.3) is 0 Å². The summed E-state index contributed by atoms with van der Waals surface area (Å²) >= 11 is 0. The fourth-order valence-electron chi connectivity index (χ4n) is 2.26. The summed E-state index contributed by atoms with van der Waals surface area (Å²) in [6.45, 7) is 11.6. The molecule has 1 nitrogen and oxygen atoms in total. The molecule has 1 aromatic carbocycles. The second kappa shape index (κ2) is 4.02. The summed E-state index contributed by atoms with van der Waals surface area (Å²) in [5.74, 6) is 0. The van der Waals surface area contributed by atoms with E-state index >= 15 is 0 Å². The predicted molar refractivity (Wildman–Crippen MR) is 71.5 cm³/mol. The van der Waals surface area contributed by atoms with E-state index in [1.54, 1.807) is 0 Å². The van der Waals surface area contributed by atoms with Gasteiger partial charge in [-0.05, 0) is 26.3 Å². The van der Waals surface area contributed by atoms with Gasteiger partial charge in [0.05, 0.1) is 0 Å². The lowest BCUT2D eigenvalue weighted by molar-refractivity contribution is 0.311. The Morgan fingerprint density at radius 3 is 2.31 bits per heavy atom. The van der Waals surface area contributed by atoms with Gasteiger partial charge < -0.3 is 4.81 Å². The lowest BCUT2D eigenvalue weighted by Crippen LogP contribution is -2.53. The van der Waals surface area contributed by atoms with Crippen LogP contribution in [0, 0.1) is 6.54 Å². The molecule has 1 aliphatic rings. The molecule has 16 heavy (non-hydrogen) atoms. The average molecular weight is 212 g/mol. The molecule has 0 aromatic heterocycles. The van der Waals surface area contributed by atoms with Gasteiger partial charge in [-0.1, -0.05) is 35.8 Å². The van der Waals surface area contributed by atoms with Crippen molar-refractivity contribution in [1.82, 2.24) is 4.81 Å². The largest absolute Gasteiger partial charge is 0.404 e. The van der Waals surface area contributed by atoms with Crippen LogP contribution in [0.2, 0.25) is 0 Å². The summed E-state index contributed by atoms with van der Waals surface area (Å²) < 4.78 is 0. The van der Waals surface area contributed by atoms with Crippen molar-refractivity contribution in [2.75, 3.05) is 0 Å². The number of hydrogen-bond acceptors (Lipinski definition) is 1. The number of rotatable bonds is 1. The van der Waals surface area contributed by atoms with Crippen LogP contribution in [0.1, 0.15) is 27.7 Å². The smallest absolute Gasteiger partial charge is 0.175 e. The molecule has 0 saturated heterocycles. The molecule has 1 aromatic rings. The zero-order valence-corrected chi connectivity index (χ0v) is 10.6. The van der Waals surface area contributed by atoms with Gasteiger partial charge >= 0.3 is 0 Å². The van der Waals surface area contributed by atoms with Crippen molar-refractivity contribution in [3.63, 3.8) is 0 Å². The molecule has 0 atom stereocenters. The highest BCUT2D eigenvalue weighted by atomic mass is 15.1. The van der Waals surface area contributed by atoms with Crippen LogP contribution in [-0.4, -0.2) is 17.2 Å². The minimum atomic E-state index is 0.161. The maximum absolute atomic E-state index is 2.43. The van der Waals surface area contributed by atoms with Crippen LogP contribution >= 0.6 is 0 Å². The van der Waals surface area contributed by atoms with Crippen LogP contribution in [0.15, 0.2) is 41.9 Å². The van der Waals surface area contributed by atoms with Gasteiger partial charge in [-0.15, -0.1) is 6.92 Å². The van der Waals surface area contributed by atoms with E-state index in [1.165, 1.54) is 10.9 Å². The van der Waals surface area contributed by atoms with E-state index in [9.17, 15) is 0 Å². The molecule has 1 heterocycles. The minimum absolute atomic E-state index is 0.161. The van der Waals surface area contributed by atoms with E-state index in [0.717, 1.165) is 0 Å². The van der Waals surface area contributed by atoms with Crippen molar-refractivity contribution in [3.8, 4) is 0 Å². The number of benzene rings is 1. The first kappa shape index (κ1) is 11.3. The van der Waals surface area contributed by atoms with Crippen LogP contribution in [-0.2, 0) is 0 Å². The van der Waals surface area contributed by atoms with Gasteiger partial charge in [0.1, 0.15) is 0 Å². The third-order valence-corrected chi connectivity index (χ3v) is 3.10. The van der Waals surface area contributed by atoms with E-state index in [-0.39, 0.29) is 5.54 Å². The van der Waals surface area contributed by atoms with Crippen molar-refractivity contribution < 1.29 is 0 Å². The van der Waals surface area contributed by atoms with Crippen LogP contribution in [0.5, 0.6) is 0 Å². The number of nitrogens with zero attached hydrogens (tertiary/aromatic N) is 1. The molecular weight excluding hydrogens is 193 g/mol. The number of hydrogen-bond donors (Lipinski definition) is 0. The molecule has 0 N–H and O–H groups in total. The van der Waals surface area contributed by atoms with Crippen LogP contribution in [0.3, 0.4) is 0 Å². The number of allylic oxidation sites excluding steroid dienone is 1. The van der Waals surface area contributed by atoms with E-state index in [2.05, 4.69) is 75.5 Å². The molecule has 84 valence electrons. The molecule has 0 fully saturated rings. The SMILES string of the molecule is CC1=C[CH-]N(C(C)(C)C)B1c1ccccc1. The quantitative estimate of drug-likeness (QED) is 0.511. The van der Waals surface area contributed by atoms with E-state index < -0.39 is 0 Å². The standard InChI is InChI=1S/C14H19BN/c1-12-10-11-16(14(2,3)4)15(12)13-8-6-5-7-9-13/h5-11H,1-4H3/q-1. The second-order valence-electron chi connectivity index (χ2n) is 5.45. The van der Waals surface area contributed by atoms with Crippen molar-refractivity contribution >= 4 is 12.3 Å². The molecule has 1 aliphatic heterocycles. The molecule has 2 rings (SSSR count). The van der Waals surface area contributed by atoms with Gasteiger partial charge in [0, 0.05) is 0 Å². The van der Waals surface area contributed by atoms with Crippen LogP contribution in [0.4, 0.5) is 0 Å². The monoisotopic (exact) mass is 212 g/mol. The van der Waals surface area contributed by atoms with Gasteiger partial charge in [-0.2, -0.15) is 6.54 Å². The molecule has 0 saturated carbocycles. The van der Waals surface area contributed by atoms with E-state index in [1.807, 2.05) is 0 Å². The molecule has 0 spiro atoms. The summed E-state index contributed by atoms with van der Waals surface area (Å²) in [6.07, 6.45) is 2.23. The van der Waals surface area contributed by atoms with Gasteiger partial charge in [0.2, 0.25) is 0 Å². The Balaban J connectivity index is 2.34. The Kier molecular flexibility index (Phi) is 2.85. The molecule has 0 aliphatic carbocycles. The molecular formula is C14H19BN-. The Bertz CT molecular complexity index is 389. The zero-order valence-electron chi connectivity index (χ0n) is 10.6. The lowest BCUT2D eigenvalue weighted by atomic mass is 9.49. The highest BCUT2D eigenvalue weighted by Gasteiger charge is 2.29. The highest BCUT2D eigenvalue weighted by Crippen LogP contribution is 2.26. The topological polar surface area (TPSA) is 3.24 Å². The Morgan fingerprint density at radius 1 is 1.12 bits per heavy atom. The van der Waals surface area contributed by atoms with Crippen molar-refractivity contribution in [3.05, 3.63) is 48.4 Å². The maximum Gasteiger partial charge on any atom is 0.175 e. The third-order valence-electron chi connectivity index (χ3n) is 3.10. The van der Waals surface area contributed by atoms with Crippen molar-refractivity contribution in [1.29, 1.82) is 0 Å². The summed E-state index contributed by atoms with van der Waals surface area (Å²) in [5.41, 5.74) is 2.95. The summed E-state index contributed by atoms with van der Waals surface area (Å²) in [4.78, 5) is 2.43. The van der Waals surface area contributed by atoms with E-state index in [4.69, 9.17) is 0 Å². The van der Waals surface area contributed by atoms with Gasteiger partial charge in [-0.25, -0.2) is 11.5 Å². The zero-order chi connectivity index (χ0) is 11.8. The maximum atomic E-state index is 2.43. The first-order valence-corrected chi connectivity index (χ1v) is 5.85. The molecule has 0 unspecified atom stereocenters. The minimum Gasteiger partial charge on any atom is -0.404 e. The molecule has 2 heteroatoms. The van der Waals surface area contributed by atoms with Crippen molar-refractivity contribution in [2.24, 2.45) is 0 Å². The lowest BCUT2D eigenvalue weighted by Gasteiger charge is -2.43. The fourth-order valence-corrected chi connectivity index (χ4v) is 2.26. The normalized spacial score (nSPS) is 17.2. The molecule has 0 radical (unpaired) electrons. The highest BCUT2D eigenvalue weighted by molar-refractivity contribution is 6.78. The van der Waals surface area contributed by atoms with Gasteiger partial charge in [-0.3, -0.25) is 0 Å². The molecule has 0 bridgehead atoms. The Labute approximate surface area is 99.3 Å².